The monoisotopic (exact) mass is 430 g/mol. The summed E-state index contributed by atoms with van der Waals surface area (Å²) in [6.45, 7) is 0. The molecule has 0 spiro atoms. The molecule has 0 atom stereocenters. The van der Waals surface area contributed by atoms with Gasteiger partial charge in [-0.1, -0.05) is 34.1 Å². The van der Waals surface area contributed by atoms with Gasteiger partial charge in [0.1, 0.15) is 11.1 Å². The lowest BCUT2D eigenvalue weighted by molar-refractivity contribution is -0.136. The fourth-order valence-electron chi connectivity index (χ4n) is 2.72. The maximum absolute atomic E-state index is 12.1. The molecule has 1 aliphatic rings. The highest BCUT2D eigenvalue weighted by Crippen LogP contribution is 2.37. The van der Waals surface area contributed by atoms with E-state index in [9.17, 15) is 14.9 Å². The second-order valence-electron chi connectivity index (χ2n) is 5.70. The summed E-state index contributed by atoms with van der Waals surface area (Å²) in [7, 11) is 0. The molecule has 0 unspecified atom stereocenters. The number of anilines is 1. The molecule has 0 saturated heterocycles. The zero-order valence-electron chi connectivity index (χ0n) is 13.7. The Morgan fingerprint density at radius 2 is 2.00 bits per heavy atom. The number of thiophene rings is 1. The predicted molar refractivity (Wildman–Crippen MR) is 104 cm³/mol. The van der Waals surface area contributed by atoms with Gasteiger partial charge >= 0.3 is 11.8 Å². The maximum atomic E-state index is 12.1. The highest BCUT2D eigenvalue weighted by molar-refractivity contribution is 9.10. The lowest BCUT2D eigenvalue weighted by Crippen LogP contribution is -2.32. The third-order valence-corrected chi connectivity index (χ3v) is 5.92. The van der Waals surface area contributed by atoms with Gasteiger partial charge in [0, 0.05) is 14.9 Å². The summed E-state index contributed by atoms with van der Waals surface area (Å²) < 4.78 is 0.824. The number of carbonyl (C=O) groups is 2. The number of benzene rings is 1. The van der Waals surface area contributed by atoms with Gasteiger partial charge in [-0.15, -0.1) is 11.3 Å². The molecule has 0 saturated carbocycles. The van der Waals surface area contributed by atoms with Crippen LogP contribution >= 0.6 is 27.3 Å². The minimum absolute atomic E-state index is 0.439. The lowest BCUT2D eigenvalue weighted by Gasteiger charge is -2.09. The predicted octanol–water partition coefficient (Wildman–Crippen LogP) is 3.35. The van der Waals surface area contributed by atoms with Crippen LogP contribution in [-0.4, -0.2) is 18.0 Å². The molecule has 2 N–H and O–H groups in total. The standard InChI is InChI=1S/C18H15BrN4O2S/c19-14-7-3-1-5-11(14)10-21-23-17(25)16(24)22-18-13(9-20)12-6-2-4-8-15(12)26-18/h1,3,5,7,10H,2,4,6,8H2,(H,22,24)(H,23,25)/b21-10+. The first-order chi connectivity index (χ1) is 12.6. The van der Waals surface area contributed by atoms with Crippen LogP contribution in [-0.2, 0) is 22.4 Å². The van der Waals surface area contributed by atoms with Gasteiger partial charge < -0.3 is 5.32 Å². The zero-order chi connectivity index (χ0) is 18.5. The molecule has 6 nitrogen and oxygen atoms in total. The number of amides is 2. The lowest BCUT2D eigenvalue weighted by atomic mass is 9.96. The number of hydrogen-bond acceptors (Lipinski definition) is 5. The van der Waals surface area contributed by atoms with E-state index < -0.39 is 11.8 Å². The van der Waals surface area contributed by atoms with Crippen molar-refractivity contribution in [1.82, 2.24) is 5.43 Å². The summed E-state index contributed by atoms with van der Waals surface area (Å²) in [4.78, 5) is 25.2. The number of nitrogens with one attached hydrogen (secondary N) is 2. The number of rotatable bonds is 3. The molecular formula is C18H15BrN4O2S. The first-order valence-electron chi connectivity index (χ1n) is 8.03. The van der Waals surface area contributed by atoms with Crippen LogP contribution in [0.15, 0.2) is 33.8 Å². The molecule has 1 aromatic heterocycles. The Morgan fingerprint density at radius 3 is 2.77 bits per heavy atom. The Bertz CT molecular complexity index is 930. The number of halogens is 1. The molecular weight excluding hydrogens is 416 g/mol. The SMILES string of the molecule is N#Cc1c(NC(=O)C(=O)N/N=C/c2ccccc2Br)sc2c1CCCC2. The van der Waals surface area contributed by atoms with Crippen molar-refractivity contribution in [2.24, 2.45) is 5.10 Å². The summed E-state index contributed by atoms with van der Waals surface area (Å²) in [5.74, 6) is -1.73. The van der Waals surface area contributed by atoms with Crippen molar-refractivity contribution in [2.75, 3.05) is 5.32 Å². The van der Waals surface area contributed by atoms with Gasteiger partial charge in [0.15, 0.2) is 0 Å². The average Bonchev–Trinajstić information content (AvgIpc) is 3.00. The minimum atomic E-state index is -0.886. The van der Waals surface area contributed by atoms with E-state index in [-0.39, 0.29) is 0 Å². The summed E-state index contributed by atoms with van der Waals surface area (Å²) in [6, 6.07) is 9.51. The summed E-state index contributed by atoms with van der Waals surface area (Å²) >= 11 is 4.74. The molecule has 132 valence electrons. The Kier molecular flexibility index (Phi) is 5.81. The number of fused-ring (bicyclic) bond motifs is 1. The van der Waals surface area contributed by atoms with Crippen LogP contribution in [0.25, 0.3) is 0 Å². The molecule has 2 amide bonds. The van der Waals surface area contributed by atoms with Gasteiger partial charge in [-0.25, -0.2) is 5.43 Å². The second kappa shape index (κ2) is 8.25. The van der Waals surface area contributed by atoms with Gasteiger partial charge in [-0.2, -0.15) is 10.4 Å². The van der Waals surface area contributed by atoms with Crippen molar-refractivity contribution >= 4 is 50.3 Å². The molecule has 2 aromatic rings. The Labute approximate surface area is 163 Å². The van der Waals surface area contributed by atoms with Crippen molar-refractivity contribution in [1.29, 1.82) is 5.26 Å². The Balaban J connectivity index is 1.65. The molecule has 1 heterocycles. The Hall–Kier alpha value is -2.50. The average molecular weight is 431 g/mol. The summed E-state index contributed by atoms with van der Waals surface area (Å²) in [6.07, 6.45) is 5.31. The van der Waals surface area contributed by atoms with Gasteiger partial charge in [0.25, 0.3) is 0 Å². The number of aryl methyl sites for hydroxylation is 1. The Morgan fingerprint density at radius 1 is 1.23 bits per heavy atom. The van der Waals surface area contributed by atoms with E-state index in [0.29, 0.717) is 10.6 Å². The van der Waals surface area contributed by atoms with Crippen LogP contribution in [0.5, 0.6) is 0 Å². The van der Waals surface area contributed by atoms with Crippen LogP contribution in [0, 0.1) is 11.3 Å². The van der Waals surface area contributed by atoms with Gasteiger partial charge in [-0.05, 0) is 37.3 Å². The van der Waals surface area contributed by atoms with Crippen LogP contribution < -0.4 is 10.7 Å². The van der Waals surface area contributed by atoms with E-state index in [1.807, 2.05) is 24.3 Å². The van der Waals surface area contributed by atoms with Crippen molar-refractivity contribution < 1.29 is 9.59 Å². The normalized spacial score (nSPS) is 13.1. The van der Waals surface area contributed by atoms with Gasteiger partial charge in [0.05, 0.1) is 11.8 Å². The van der Waals surface area contributed by atoms with Crippen LogP contribution in [0.1, 0.15) is 34.4 Å². The molecule has 0 radical (unpaired) electrons. The summed E-state index contributed by atoms with van der Waals surface area (Å²) in [5.41, 5.74) is 4.45. The van der Waals surface area contributed by atoms with E-state index in [2.05, 4.69) is 37.8 Å². The third kappa shape index (κ3) is 4.00. The first kappa shape index (κ1) is 18.3. The first-order valence-corrected chi connectivity index (χ1v) is 9.64. The molecule has 0 fully saturated rings. The van der Waals surface area contributed by atoms with Crippen LogP contribution in [0.3, 0.4) is 0 Å². The molecule has 1 aromatic carbocycles. The maximum Gasteiger partial charge on any atom is 0.329 e. The number of nitriles is 1. The minimum Gasteiger partial charge on any atom is -0.308 e. The van der Waals surface area contributed by atoms with Crippen LogP contribution in [0.4, 0.5) is 5.00 Å². The number of hydrazone groups is 1. The van der Waals surface area contributed by atoms with E-state index in [0.717, 1.165) is 46.2 Å². The molecule has 1 aliphatic carbocycles. The number of carbonyl (C=O) groups excluding carboxylic acids is 2. The van der Waals surface area contributed by atoms with Crippen LogP contribution in [0.2, 0.25) is 0 Å². The largest absolute Gasteiger partial charge is 0.329 e. The van der Waals surface area contributed by atoms with E-state index in [4.69, 9.17) is 0 Å². The highest BCUT2D eigenvalue weighted by Gasteiger charge is 2.23. The fourth-order valence-corrected chi connectivity index (χ4v) is 4.35. The molecule has 26 heavy (non-hydrogen) atoms. The van der Waals surface area contributed by atoms with Crippen molar-refractivity contribution in [3.63, 3.8) is 0 Å². The second-order valence-corrected chi connectivity index (χ2v) is 7.66. The molecule has 3 rings (SSSR count). The van der Waals surface area contributed by atoms with Crippen molar-refractivity contribution in [2.45, 2.75) is 25.7 Å². The van der Waals surface area contributed by atoms with E-state index in [1.165, 1.54) is 17.6 Å². The van der Waals surface area contributed by atoms with E-state index in [1.54, 1.807) is 0 Å². The quantitative estimate of drug-likeness (QED) is 0.443. The molecule has 0 aliphatic heterocycles. The molecule has 8 heteroatoms. The van der Waals surface area contributed by atoms with Crippen molar-refractivity contribution in [3.8, 4) is 6.07 Å². The number of nitrogens with zero attached hydrogens (tertiary/aromatic N) is 2. The van der Waals surface area contributed by atoms with Gasteiger partial charge in [0.2, 0.25) is 0 Å². The number of hydrogen-bond donors (Lipinski definition) is 2. The summed E-state index contributed by atoms with van der Waals surface area (Å²) in [5, 5.41) is 16.2. The molecule has 0 bridgehead atoms. The van der Waals surface area contributed by atoms with Gasteiger partial charge in [-0.3, -0.25) is 9.59 Å². The third-order valence-electron chi connectivity index (χ3n) is 3.99. The zero-order valence-corrected chi connectivity index (χ0v) is 16.1. The van der Waals surface area contributed by atoms with Crippen molar-refractivity contribution in [3.05, 3.63) is 50.3 Å². The highest BCUT2D eigenvalue weighted by atomic mass is 79.9. The topological polar surface area (TPSA) is 94.4 Å². The van der Waals surface area contributed by atoms with E-state index >= 15 is 0 Å². The smallest absolute Gasteiger partial charge is 0.308 e. The fraction of sp³-hybridized carbons (Fsp3) is 0.222.